The average molecular weight is 1130 g/mol. The van der Waals surface area contributed by atoms with Crippen LogP contribution in [0.15, 0.2) is 72.8 Å². The monoisotopic (exact) mass is 1130 g/mol. The van der Waals surface area contributed by atoms with E-state index in [2.05, 4.69) is 37.2 Å². The Kier molecular flexibility index (Phi) is 25.8. The maximum Gasteiger partial charge on any atom is 0.326 e. The molecule has 1 saturated heterocycles. The van der Waals surface area contributed by atoms with Crippen LogP contribution in [0.4, 0.5) is 0 Å². The number of nitrogens with two attached hydrogens (primary N) is 2. The number of phenols is 3. The van der Waals surface area contributed by atoms with Crippen LogP contribution in [0.5, 0.6) is 17.2 Å². The van der Waals surface area contributed by atoms with Crippen LogP contribution in [0.3, 0.4) is 0 Å². The van der Waals surface area contributed by atoms with Gasteiger partial charge in [-0.3, -0.25) is 38.4 Å². The normalized spacial score (nSPS) is 16.9. The number of aliphatic hydroxyl groups is 2. The Bertz CT molecular complexity index is 2600. The molecule has 3 aromatic rings. The second-order valence-electron chi connectivity index (χ2n) is 20.8. The lowest BCUT2D eigenvalue weighted by molar-refractivity contribution is -0.143. The smallest absolute Gasteiger partial charge is 0.326 e. The number of aliphatic carboxylic acids is 1. The molecule has 25 heteroatoms. The molecule has 1 aliphatic heterocycles. The second kappa shape index (κ2) is 31.8. The lowest BCUT2D eigenvalue weighted by Gasteiger charge is -2.32. The lowest BCUT2D eigenvalue weighted by Crippen LogP contribution is -2.62. The van der Waals surface area contributed by atoms with E-state index in [-0.39, 0.29) is 68.4 Å². The number of hydrogen-bond donors (Lipinski definition) is 15. The Morgan fingerprint density at radius 1 is 0.580 bits per heavy atom. The minimum Gasteiger partial charge on any atom is -0.508 e. The van der Waals surface area contributed by atoms with E-state index in [4.69, 9.17) is 11.5 Å². The average Bonchev–Trinajstić information content (AvgIpc) is 3.93. The van der Waals surface area contributed by atoms with Gasteiger partial charge in [-0.05, 0) is 110 Å². The number of unbranched alkanes of at least 4 members (excludes halogenated alkanes) is 1. The molecular formula is C56H80N10O15. The molecule has 81 heavy (non-hydrogen) atoms. The molecule has 0 saturated carbocycles. The molecule has 1 heterocycles. The summed E-state index contributed by atoms with van der Waals surface area (Å²) in [4.78, 5) is 126. The molecule has 0 bridgehead atoms. The standard InChI is InChI=1S/C56H80N10O15/c1-6-31(4)45(58)53(77)64-46(30(2)3)55(79)66-25-9-11-44(66)52(76)63-43(29-67)51(75)61-42(28-35-16-22-38(71)23-17-35)50(74)65-47(32(5)68)54(78)62-41(27-34-14-20-37(70)21-15-34)49(73)60-40(26-33-12-18-36(69)19-13-33)48(72)59-39(56(80)81)10-7-8-24-57/h12-23,30-32,39-47,67-71H,6-11,24-29,57-58H2,1-5H3,(H,59,72)(H,60,73)(H,61,75)(H,62,78)(H,63,76)(H,64,77)(H,65,74)(H,80,81)/t31-,32+,39-,40-,41-,42-,43-,44-,45-,46-,47-/m0/s1. The number of carbonyl (C=O) groups is 9. The van der Waals surface area contributed by atoms with E-state index in [9.17, 15) is 73.8 Å². The molecule has 0 aromatic heterocycles. The number of likely N-dealkylation sites (tertiary alicyclic amines) is 1. The summed E-state index contributed by atoms with van der Waals surface area (Å²) >= 11 is 0. The van der Waals surface area contributed by atoms with Crippen LogP contribution in [0.2, 0.25) is 0 Å². The first-order valence-electron chi connectivity index (χ1n) is 27.1. The molecule has 4 rings (SSSR count). The first-order chi connectivity index (χ1) is 38.4. The number of rotatable bonds is 31. The highest BCUT2D eigenvalue weighted by molar-refractivity contribution is 5.98. The summed E-state index contributed by atoms with van der Waals surface area (Å²) in [6.45, 7) is 7.73. The molecule has 3 aromatic carbocycles. The van der Waals surface area contributed by atoms with Gasteiger partial charge in [0.2, 0.25) is 47.3 Å². The molecule has 17 N–H and O–H groups in total. The Labute approximate surface area is 470 Å². The Balaban J connectivity index is 1.60. The summed E-state index contributed by atoms with van der Waals surface area (Å²) in [7, 11) is 0. The fourth-order valence-corrected chi connectivity index (χ4v) is 8.94. The van der Waals surface area contributed by atoms with Crippen molar-refractivity contribution in [1.82, 2.24) is 42.1 Å². The van der Waals surface area contributed by atoms with E-state index in [1.807, 2.05) is 13.8 Å². The first-order valence-corrected chi connectivity index (χ1v) is 27.1. The van der Waals surface area contributed by atoms with Gasteiger partial charge in [-0.15, -0.1) is 0 Å². The molecule has 11 atom stereocenters. The number of aromatic hydroxyl groups is 3. The summed E-state index contributed by atoms with van der Waals surface area (Å²) in [5.41, 5.74) is 12.9. The van der Waals surface area contributed by atoms with E-state index in [1.54, 1.807) is 13.8 Å². The zero-order valence-corrected chi connectivity index (χ0v) is 46.3. The molecule has 1 aliphatic rings. The van der Waals surface area contributed by atoms with Gasteiger partial charge in [0.25, 0.3) is 0 Å². The molecular weight excluding hydrogens is 1050 g/mol. The Morgan fingerprint density at radius 3 is 1.41 bits per heavy atom. The van der Waals surface area contributed by atoms with Crippen LogP contribution in [0.25, 0.3) is 0 Å². The maximum atomic E-state index is 14.4. The molecule has 0 radical (unpaired) electrons. The summed E-state index contributed by atoms with van der Waals surface area (Å²) in [5, 5.41) is 79.1. The minimum absolute atomic E-state index is 0.0171. The number of amides is 8. The van der Waals surface area contributed by atoms with Gasteiger partial charge in [0.15, 0.2) is 0 Å². The van der Waals surface area contributed by atoms with Gasteiger partial charge in [-0.1, -0.05) is 70.5 Å². The number of carboxylic acids is 1. The van der Waals surface area contributed by atoms with Crippen molar-refractivity contribution in [2.45, 2.75) is 153 Å². The van der Waals surface area contributed by atoms with Crippen molar-refractivity contribution in [3.8, 4) is 17.2 Å². The zero-order valence-electron chi connectivity index (χ0n) is 46.3. The summed E-state index contributed by atoms with van der Waals surface area (Å²) in [5.74, 6) is -9.34. The van der Waals surface area contributed by atoms with Crippen molar-refractivity contribution in [2.75, 3.05) is 19.7 Å². The fraction of sp³-hybridized carbons (Fsp3) is 0.518. The number of aliphatic hydroxyl groups excluding tert-OH is 2. The predicted molar refractivity (Wildman–Crippen MR) is 295 cm³/mol. The van der Waals surface area contributed by atoms with Crippen molar-refractivity contribution in [3.05, 3.63) is 89.5 Å². The molecule has 0 unspecified atom stereocenters. The Hall–Kier alpha value is -7.87. The van der Waals surface area contributed by atoms with Gasteiger partial charge in [-0.25, -0.2) is 4.79 Å². The van der Waals surface area contributed by atoms with Gasteiger partial charge in [0.1, 0.15) is 65.6 Å². The van der Waals surface area contributed by atoms with Crippen molar-refractivity contribution in [3.63, 3.8) is 0 Å². The summed E-state index contributed by atoms with van der Waals surface area (Å²) in [6.07, 6.45) is -0.503. The van der Waals surface area contributed by atoms with Gasteiger partial charge < -0.3 is 84.2 Å². The van der Waals surface area contributed by atoms with E-state index < -0.39 is 126 Å². The SMILES string of the molecule is CC[C@H](C)[C@H](N)C(=O)N[C@H](C(=O)N1CCC[C@H]1C(=O)N[C@@H](CO)C(=O)N[C@@H](Cc1ccc(O)cc1)C(=O)N[C@H](C(=O)N[C@@H](Cc1ccc(O)cc1)C(=O)N[C@@H](Cc1ccc(O)cc1)C(=O)N[C@@H](CCCCN)C(=O)O)[C@@H](C)O)C(C)C. The lowest BCUT2D eigenvalue weighted by atomic mass is 9.97. The van der Waals surface area contributed by atoms with Crippen molar-refractivity contribution in [2.24, 2.45) is 23.3 Å². The zero-order chi connectivity index (χ0) is 60.1. The van der Waals surface area contributed by atoms with Gasteiger partial charge in [0, 0.05) is 25.8 Å². The highest BCUT2D eigenvalue weighted by Crippen LogP contribution is 2.22. The molecule has 0 spiro atoms. The summed E-state index contributed by atoms with van der Waals surface area (Å²) < 4.78 is 0. The number of nitrogens with zero attached hydrogens (tertiary/aromatic N) is 1. The number of nitrogens with one attached hydrogen (secondary N) is 7. The van der Waals surface area contributed by atoms with Crippen molar-refractivity contribution in [1.29, 1.82) is 0 Å². The summed E-state index contributed by atoms with van der Waals surface area (Å²) in [6, 6.07) is 4.01. The highest BCUT2D eigenvalue weighted by atomic mass is 16.4. The fourth-order valence-electron chi connectivity index (χ4n) is 8.94. The van der Waals surface area contributed by atoms with Gasteiger partial charge >= 0.3 is 5.97 Å². The van der Waals surface area contributed by atoms with Crippen molar-refractivity contribution < 1.29 is 73.8 Å². The molecule has 1 fully saturated rings. The van der Waals surface area contributed by atoms with Crippen LogP contribution in [-0.4, -0.2) is 169 Å². The maximum absolute atomic E-state index is 14.4. The van der Waals surface area contributed by atoms with E-state index >= 15 is 0 Å². The topological polar surface area (TPSA) is 414 Å². The third-order valence-electron chi connectivity index (χ3n) is 14.1. The van der Waals surface area contributed by atoms with Crippen LogP contribution < -0.4 is 48.7 Å². The molecule has 8 amide bonds. The van der Waals surface area contributed by atoms with Gasteiger partial charge in [0.05, 0.1) is 18.8 Å². The highest BCUT2D eigenvalue weighted by Gasteiger charge is 2.41. The minimum atomic E-state index is -1.86. The molecule has 25 nitrogen and oxygen atoms in total. The van der Waals surface area contributed by atoms with Crippen LogP contribution in [-0.2, 0) is 62.4 Å². The second-order valence-corrected chi connectivity index (χ2v) is 20.8. The third kappa shape index (κ3) is 20.0. The number of carboxylic acid groups (broad SMARTS) is 1. The van der Waals surface area contributed by atoms with E-state index in [0.717, 1.165) is 6.92 Å². The molecule has 0 aliphatic carbocycles. The van der Waals surface area contributed by atoms with Crippen LogP contribution >= 0.6 is 0 Å². The predicted octanol–water partition coefficient (Wildman–Crippen LogP) is -1.17. The van der Waals surface area contributed by atoms with Crippen LogP contribution in [0, 0.1) is 11.8 Å². The largest absolute Gasteiger partial charge is 0.508 e. The number of phenolic OH excluding ortho intramolecular Hbond substituents is 3. The third-order valence-corrected chi connectivity index (χ3v) is 14.1. The van der Waals surface area contributed by atoms with E-state index in [0.29, 0.717) is 42.4 Å². The van der Waals surface area contributed by atoms with Crippen LogP contribution in [0.1, 0.15) is 89.8 Å². The van der Waals surface area contributed by atoms with E-state index in [1.165, 1.54) is 77.7 Å². The Morgan fingerprint density at radius 2 is 1.00 bits per heavy atom. The number of benzene rings is 3. The number of carbonyl (C=O) groups excluding carboxylic acids is 8. The first kappa shape index (κ1) is 65.6. The number of hydrogen-bond acceptors (Lipinski definition) is 16. The quantitative estimate of drug-likeness (QED) is 0.0338. The van der Waals surface area contributed by atoms with Gasteiger partial charge in [-0.2, -0.15) is 0 Å². The molecule has 444 valence electrons. The van der Waals surface area contributed by atoms with Crippen molar-refractivity contribution >= 4 is 53.2 Å².